The number of rotatable bonds is 3. The maximum atomic E-state index is 12.9. The van der Waals surface area contributed by atoms with Crippen molar-refractivity contribution < 1.29 is 8.42 Å². The van der Waals surface area contributed by atoms with E-state index in [1.54, 1.807) is 10.4 Å². The first-order valence-electron chi connectivity index (χ1n) is 7.68. The van der Waals surface area contributed by atoms with E-state index in [4.69, 9.17) is 0 Å². The van der Waals surface area contributed by atoms with Gasteiger partial charge in [-0.1, -0.05) is 31.0 Å². The minimum atomic E-state index is -3.32. The van der Waals surface area contributed by atoms with Crippen LogP contribution >= 0.6 is 0 Å². The van der Waals surface area contributed by atoms with Crippen LogP contribution in [0.1, 0.15) is 44.1 Å². The van der Waals surface area contributed by atoms with Gasteiger partial charge in [-0.2, -0.15) is 4.31 Å². The van der Waals surface area contributed by atoms with E-state index < -0.39 is 10.0 Å². The Balaban J connectivity index is 1.92. The maximum absolute atomic E-state index is 12.9. The zero-order valence-electron chi connectivity index (χ0n) is 12.1. The fourth-order valence-corrected chi connectivity index (χ4v) is 5.83. The Hall–Kier alpha value is -0.870. The van der Waals surface area contributed by atoms with Gasteiger partial charge in [-0.25, -0.2) is 8.42 Å². The summed E-state index contributed by atoms with van der Waals surface area (Å²) in [6.45, 7) is 2.57. The summed E-state index contributed by atoms with van der Waals surface area (Å²) in [4.78, 5) is 0.491. The van der Waals surface area contributed by atoms with Gasteiger partial charge in [0, 0.05) is 12.6 Å². The molecule has 2 fully saturated rings. The Morgan fingerprint density at radius 2 is 1.75 bits per heavy atom. The minimum Gasteiger partial charge on any atom is -0.207 e. The van der Waals surface area contributed by atoms with Crippen LogP contribution in [0.3, 0.4) is 0 Å². The first-order chi connectivity index (χ1) is 9.60. The van der Waals surface area contributed by atoms with Gasteiger partial charge in [0.25, 0.3) is 0 Å². The van der Waals surface area contributed by atoms with Crippen molar-refractivity contribution in [2.45, 2.75) is 56.4 Å². The van der Waals surface area contributed by atoms with Gasteiger partial charge in [0.15, 0.2) is 0 Å². The molecule has 1 unspecified atom stereocenters. The molecule has 3 rings (SSSR count). The lowest BCUT2D eigenvalue weighted by molar-refractivity contribution is 0.288. The molecule has 0 N–H and O–H groups in total. The molecule has 0 spiro atoms. The fraction of sp³-hybridized carbons (Fsp3) is 0.625. The van der Waals surface area contributed by atoms with Crippen LogP contribution in [0.2, 0.25) is 0 Å². The molecule has 1 aromatic carbocycles. The lowest BCUT2D eigenvalue weighted by Gasteiger charge is -2.29. The highest BCUT2D eigenvalue weighted by atomic mass is 32.2. The highest BCUT2D eigenvalue weighted by molar-refractivity contribution is 7.89. The van der Waals surface area contributed by atoms with Crippen molar-refractivity contribution in [2.75, 3.05) is 6.54 Å². The first-order valence-corrected chi connectivity index (χ1v) is 9.12. The highest BCUT2D eigenvalue weighted by Crippen LogP contribution is 2.38. The number of benzene rings is 1. The molecule has 110 valence electrons. The maximum Gasteiger partial charge on any atom is 0.243 e. The van der Waals surface area contributed by atoms with E-state index in [9.17, 15) is 8.42 Å². The van der Waals surface area contributed by atoms with Crippen LogP contribution < -0.4 is 0 Å². The molecule has 1 atom stereocenters. The number of hydrogen-bond donors (Lipinski definition) is 0. The summed E-state index contributed by atoms with van der Waals surface area (Å²) >= 11 is 0. The average Bonchev–Trinajstić information content (AvgIpc) is 3.10. The lowest BCUT2D eigenvalue weighted by atomic mass is 9.97. The Labute approximate surface area is 122 Å². The van der Waals surface area contributed by atoms with Crippen LogP contribution in [0.15, 0.2) is 29.2 Å². The third kappa shape index (κ3) is 2.40. The quantitative estimate of drug-likeness (QED) is 0.857. The van der Waals surface area contributed by atoms with Crippen LogP contribution in [0.5, 0.6) is 0 Å². The summed E-state index contributed by atoms with van der Waals surface area (Å²) in [5.74, 6) is 0.580. The third-order valence-electron chi connectivity index (χ3n) is 4.87. The smallest absolute Gasteiger partial charge is 0.207 e. The van der Waals surface area contributed by atoms with Crippen molar-refractivity contribution in [3.05, 3.63) is 29.8 Å². The van der Waals surface area contributed by atoms with E-state index in [1.807, 2.05) is 25.1 Å². The molecule has 1 aliphatic heterocycles. The fourth-order valence-electron chi connectivity index (χ4n) is 3.85. The second-order valence-corrected chi connectivity index (χ2v) is 7.99. The summed E-state index contributed by atoms with van der Waals surface area (Å²) in [5, 5.41) is 0. The largest absolute Gasteiger partial charge is 0.243 e. The van der Waals surface area contributed by atoms with Crippen LogP contribution in [0, 0.1) is 12.8 Å². The van der Waals surface area contributed by atoms with Crippen LogP contribution in [-0.2, 0) is 10.0 Å². The highest BCUT2D eigenvalue weighted by Gasteiger charge is 2.40. The summed E-state index contributed by atoms with van der Waals surface area (Å²) < 4.78 is 27.7. The van der Waals surface area contributed by atoms with E-state index in [2.05, 4.69) is 0 Å². The normalized spacial score (nSPS) is 25.4. The van der Waals surface area contributed by atoms with E-state index in [1.165, 1.54) is 25.7 Å². The van der Waals surface area contributed by atoms with Crippen molar-refractivity contribution in [1.82, 2.24) is 4.31 Å². The zero-order valence-corrected chi connectivity index (χ0v) is 12.9. The number of nitrogens with zero attached hydrogens (tertiary/aromatic N) is 1. The van der Waals surface area contributed by atoms with Crippen LogP contribution in [-0.4, -0.2) is 25.3 Å². The molecule has 0 aromatic heterocycles. The Kier molecular flexibility index (Phi) is 3.87. The molecule has 0 radical (unpaired) electrons. The van der Waals surface area contributed by atoms with Gasteiger partial charge in [-0.05, 0) is 50.2 Å². The summed E-state index contributed by atoms with van der Waals surface area (Å²) in [5.41, 5.74) is 0.851. The minimum absolute atomic E-state index is 0.238. The van der Waals surface area contributed by atoms with Gasteiger partial charge in [-0.3, -0.25) is 0 Å². The molecule has 1 aromatic rings. The van der Waals surface area contributed by atoms with Crippen molar-refractivity contribution >= 4 is 10.0 Å². The molecular weight excluding hydrogens is 270 g/mol. The van der Waals surface area contributed by atoms with Crippen molar-refractivity contribution in [2.24, 2.45) is 5.92 Å². The molecule has 3 nitrogen and oxygen atoms in total. The molecule has 2 aliphatic rings. The lowest BCUT2D eigenvalue weighted by Crippen LogP contribution is -2.39. The second-order valence-electron chi connectivity index (χ2n) is 6.14. The predicted octanol–water partition coefficient (Wildman–Crippen LogP) is 3.34. The summed E-state index contributed by atoms with van der Waals surface area (Å²) in [6.07, 6.45) is 6.97. The van der Waals surface area contributed by atoms with E-state index in [0.29, 0.717) is 17.4 Å². The molecule has 20 heavy (non-hydrogen) atoms. The third-order valence-corrected chi connectivity index (χ3v) is 6.96. The number of hydrogen-bond acceptors (Lipinski definition) is 2. The molecule has 0 bridgehead atoms. The van der Waals surface area contributed by atoms with E-state index in [-0.39, 0.29) is 6.04 Å². The van der Waals surface area contributed by atoms with Gasteiger partial charge < -0.3 is 0 Å². The molecule has 1 heterocycles. The predicted molar refractivity (Wildman–Crippen MR) is 80.1 cm³/mol. The molecule has 1 saturated carbocycles. The van der Waals surface area contributed by atoms with Gasteiger partial charge in [0.2, 0.25) is 10.0 Å². The molecule has 0 amide bonds. The molecule has 1 aliphatic carbocycles. The van der Waals surface area contributed by atoms with Crippen molar-refractivity contribution in [1.29, 1.82) is 0 Å². The number of sulfonamides is 1. The van der Waals surface area contributed by atoms with Gasteiger partial charge in [0.1, 0.15) is 0 Å². The Morgan fingerprint density at radius 3 is 2.45 bits per heavy atom. The Morgan fingerprint density at radius 1 is 1.05 bits per heavy atom. The van der Waals surface area contributed by atoms with Crippen molar-refractivity contribution in [3.8, 4) is 0 Å². The van der Waals surface area contributed by atoms with Crippen LogP contribution in [0.25, 0.3) is 0 Å². The Bertz CT molecular complexity index is 576. The monoisotopic (exact) mass is 293 g/mol. The molecular formula is C16H23NO2S. The average molecular weight is 293 g/mol. The standard InChI is InChI=1S/C16H23NO2S/c1-13-7-2-5-11-16(13)20(18,19)17-12-6-10-15(17)14-8-3-4-9-14/h2,5,7,11,14-15H,3-4,6,8-10,12H2,1H3. The topological polar surface area (TPSA) is 37.4 Å². The van der Waals surface area contributed by atoms with E-state index >= 15 is 0 Å². The summed E-state index contributed by atoms with van der Waals surface area (Å²) in [7, 11) is -3.32. The van der Waals surface area contributed by atoms with Gasteiger partial charge in [0.05, 0.1) is 4.90 Å². The first kappa shape index (κ1) is 14.1. The van der Waals surface area contributed by atoms with E-state index in [0.717, 1.165) is 18.4 Å². The van der Waals surface area contributed by atoms with Crippen LogP contribution in [0.4, 0.5) is 0 Å². The zero-order chi connectivity index (χ0) is 14.2. The molecule has 1 saturated heterocycles. The second kappa shape index (κ2) is 5.49. The SMILES string of the molecule is Cc1ccccc1S(=O)(=O)N1CCCC1C1CCCC1. The van der Waals surface area contributed by atoms with Gasteiger partial charge >= 0.3 is 0 Å². The van der Waals surface area contributed by atoms with Crippen molar-refractivity contribution in [3.63, 3.8) is 0 Å². The number of aryl methyl sites for hydroxylation is 1. The molecule has 4 heteroatoms. The summed E-state index contributed by atoms with van der Waals surface area (Å²) in [6, 6.07) is 7.58. The van der Waals surface area contributed by atoms with Gasteiger partial charge in [-0.15, -0.1) is 0 Å².